The minimum Gasteiger partial charge on any atom is -0.481 e. The van der Waals surface area contributed by atoms with Crippen LogP contribution in [-0.4, -0.2) is 38.2 Å². The minimum atomic E-state index is -4.40. The van der Waals surface area contributed by atoms with Crippen LogP contribution in [-0.2, 0) is 19.6 Å². The van der Waals surface area contributed by atoms with E-state index < -0.39 is 44.5 Å². The highest BCUT2D eigenvalue weighted by molar-refractivity contribution is 7.89. The molecule has 1 aliphatic rings. The SMILES string of the molecule is O=C(O)CC1(NS(=O)(=O)c2cc(F)ccc2F)CCOCC1. The second-order valence-electron chi connectivity index (χ2n) is 5.14. The maximum atomic E-state index is 13.7. The van der Waals surface area contributed by atoms with Crippen LogP contribution in [0.5, 0.6) is 0 Å². The molecule has 1 aromatic carbocycles. The maximum Gasteiger partial charge on any atom is 0.305 e. The number of ether oxygens (including phenoxy) is 1. The molecule has 0 aromatic heterocycles. The van der Waals surface area contributed by atoms with Crippen molar-refractivity contribution < 1.29 is 31.8 Å². The van der Waals surface area contributed by atoms with Crippen molar-refractivity contribution in [2.24, 2.45) is 0 Å². The molecule has 0 saturated carbocycles. The number of hydrogen-bond acceptors (Lipinski definition) is 4. The van der Waals surface area contributed by atoms with Crippen LogP contribution in [0, 0.1) is 11.6 Å². The first-order valence-corrected chi connectivity index (χ1v) is 8.01. The van der Waals surface area contributed by atoms with E-state index in [1.807, 2.05) is 0 Å². The second kappa shape index (κ2) is 6.27. The Morgan fingerprint density at radius 3 is 2.55 bits per heavy atom. The number of rotatable bonds is 5. The fourth-order valence-electron chi connectivity index (χ4n) is 2.39. The zero-order valence-electron chi connectivity index (χ0n) is 11.5. The summed E-state index contributed by atoms with van der Waals surface area (Å²) in [7, 11) is -4.40. The lowest BCUT2D eigenvalue weighted by Crippen LogP contribution is -2.53. The number of sulfonamides is 1. The largest absolute Gasteiger partial charge is 0.481 e. The highest BCUT2D eigenvalue weighted by Crippen LogP contribution is 2.28. The molecular weight excluding hydrogens is 320 g/mol. The molecule has 2 rings (SSSR count). The lowest BCUT2D eigenvalue weighted by atomic mass is 9.88. The molecule has 122 valence electrons. The van der Waals surface area contributed by atoms with Crippen LogP contribution in [0.3, 0.4) is 0 Å². The molecule has 0 aliphatic carbocycles. The number of benzene rings is 1. The summed E-state index contributed by atoms with van der Waals surface area (Å²) in [5.41, 5.74) is -1.28. The Labute approximate surface area is 126 Å². The van der Waals surface area contributed by atoms with Gasteiger partial charge >= 0.3 is 5.97 Å². The molecule has 1 saturated heterocycles. The van der Waals surface area contributed by atoms with Gasteiger partial charge in [-0.2, -0.15) is 0 Å². The fraction of sp³-hybridized carbons (Fsp3) is 0.462. The standard InChI is InChI=1S/C13H15F2NO5S/c14-9-1-2-10(15)11(7-9)22(19,20)16-13(8-12(17)18)3-5-21-6-4-13/h1-2,7,16H,3-6,8H2,(H,17,18). The van der Waals surface area contributed by atoms with E-state index in [0.29, 0.717) is 12.1 Å². The number of carboxylic acid groups (broad SMARTS) is 1. The van der Waals surface area contributed by atoms with E-state index in [-0.39, 0.29) is 26.1 Å². The van der Waals surface area contributed by atoms with Crippen LogP contribution >= 0.6 is 0 Å². The van der Waals surface area contributed by atoms with Gasteiger partial charge in [-0.05, 0) is 31.0 Å². The Morgan fingerprint density at radius 2 is 1.95 bits per heavy atom. The number of carboxylic acids is 1. The molecule has 0 amide bonds. The van der Waals surface area contributed by atoms with Gasteiger partial charge in [0.25, 0.3) is 0 Å². The number of aliphatic carboxylic acids is 1. The molecule has 0 unspecified atom stereocenters. The fourth-order valence-corrected chi connectivity index (χ4v) is 3.94. The monoisotopic (exact) mass is 335 g/mol. The summed E-state index contributed by atoms with van der Waals surface area (Å²) in [5, 5.41) is 8.99. The molecule has 1 aromatic rings. The Kier molecular flexibility index (Phi) is 4.78. The Hall–Kier alpha value is -1.58. The van der Waals surface area contributed by atoms with Crippen LogP contribution in [0.25, 0.3) is 0 Å². The Bertz CT molecular complexity index is 671. The van der Waals surface area contributed by atoms with Crippen LogP contribution in [0.4, 0.5) is 8.78 Å². The van der Waals surface area contributed by atoms with Crippen molar-refractivity contribution in [3.8, 4) is 0 Å². The molecule has 0 atom stereocenters. The van der Waals surface area contributed by atoms with Gasteiger partial charge in [0.05, 0.1) is 6.42 Å². The van der Waals surface area contributed by atoms with Gasteiger partial charge in [-0.1, -0.05) is 0 Å². The van der Waals surface area contributed by atoms with Gasteiger partial charge in [0, 0.05) is 18.8 Å². The molecule has 0 bridgehead atoms. The van der Waals surface area contributed by atoms with Crippen molar-refractivity contribution in [2.75, 3.05) is 13.2 Å². The molecule has 1 fully saturated rings. The first-order chi connectivity index (χ1) is 10.2. The topological polar surface area (TPSA) is 92.7 Å². The van der Waals surface area contributed by atoms with Gasteiger partial charge in [0.15, 0.2) is 0 Å². The first kappa shape index (κ1) is 16.8. The van der Waals surface area contributed by atoms with Crippen molar-refractivity contribution in [3.05, 3.63) is 29.8 Å². The van der Waals surface area contributed by atoms with Crippen molar-refractivity contribution in [1.82, 2.24) is 4.72 Å². The molecule has 1 aliphatic heterocycles. The van der Waals surface area contributed by atoms with E-state index in [0.717, 1.165) is 6.07 Å². The molecule has 0 radical (unpaired) electrons. The quantitative estimate of drug-likeness (QED) is 0.845. The van der Waals surface area contributed by atoms with Crippen molar-refractivity contribution in [1.29, 1.82) is 0 Å². The summed E-state index contributed by atoms with van der Waals surface area (Å²) >= 11 is 0. The summed E-state index contributed by atoms with van der Waals surface area (Å²) in [6.45, 7) is 0.364. The Morgan fingerprint density at radius 1 is 1.32 bits per heavy atom. The molecule has 9 heteroatoms. The molecule has 6 nitrogen and oxygen atoms in total. The third-order valence-electron chi connectivity index (χ3n) is 3.47. The van der Waals surface area contributed by atoms with Gasteiger partial charge in [-0.3, -0.25) is 4.79 Å². The summed E-state index contributed by atoms with van der Waals surface area (Å²) in [6.07, 6.45) is -0.197. The normalized spacial score (nSPS) is 18.1. The van der Waals surface area contributed by atoms with E-state index in [1.165, 1.54) is 0 Å². The van der Waals surface area contributed by atoms with E-state index in [1.54, 1.807) is 0 Å². The second-order valence-corrected chi connectivity index (χ2v) is 6.79. The molecule has 1 heterocycles. The zero-order valence-corrected chi connectivity index (χ0v) is 12.3. The number of nitrogens with one attached hydrogen (secondary N) is 1. The van der Waals surface area contributed by atoms with Crippen molar-refractivity contribution >= 4 is 16.0 Å². The molecule has 2 N–H and O–H groups in total. The van der Waals surface area contributed by atoms with Crippen LogP contribution in [0.15, 0.2) is 23.1 Å². The van der Waals surface area contributed by atoms with Gasteiger partial charge in [-0.15, -0.1) is 0 Å². The number of halogens is 2. The number of carbonyl (C=O) groups is 1. The van der Waals surface area contributed by atoms with Crippen LogP contribution in [0.2, 0.25) is 0 Å². The van der Waals surface area contributed by atoms with Gasteiger partial charge in [0.1, 0.15) is 16.5 Å². The highest BCUT2D eigenvalue weighted by atomic mass is 32.2. The summed E-state index contributed by atoms with van der Waals surface area (Å²) < 4.78 is 58.8. The Balaban J connectivity index is 2.35. The average molecular weight is 335 g/mol. The average Bonchev–Trinajstić information content (AvgIpc) is 2.40. The minimum absolute atomic E-state index is 0.134. The predicted octanol–water partition coefficient (Wildman–Crippen LogP) is 1.27. The zero-order chi connectivity index (χ0) is 16.4. The highest BCUT2D eigenvalue weighted by Gasteiger charge is 2.39. The van der Waals surface area contributed by atoms with Gasteiger partial charge in [-0.25, -0.2) is 21.9 Å². The molecular formula is C13H15F2NO5S. The van der Waals surface area contributed by atoms with Crippen molar-refractivity contribution in [3.63, 3.8) is 0 Å². The van der Waals surface area contributed by atoms with Gasteiger partial charge in [0.2, 0.25) is 10.0 Å². The lowest BCUT2D eigenvalue weighted by Gasteiger charge is -2.36. The van der Waals surface area contributed by atoms with E-state index in [4.69, 9.17) is 9.84 Å². The third-order valence-corrected chi connectivity index (χ3v) is 5.07. The van der Waals surface area contributed by atoms with E-state index in [2.05, 4.69) is 4.72 Å². The predicted molar refractivity (Wildman–Crippen MR) is 71.7 cm³/mol. The van der Waals surface area contributed by atoms with Crippen molar-refractivity contribution in [2.45, 2.75) is 29.7 Å². The summed E-state index contributed by atoms with van der Waals surface area (Å²) in [5.74, 6) is -3.20. The number of hydrogen-bond donors (Lipinski definition) is 2. The van der Waals surface area contributed by atoms with Gasteiger partial charge < -0.3 is 9.84 Å². The smallest absolute Gasteiger partial charge is 0.305 e. The maximum absolute atomic E-state index is 13.7. The van der Waals surface area contributed by atoms with Crippen LogP contribution in [0.1, 0.15) is 19.3 Å². The third kappa shape index (κ3) is 3.79. The lowest BCUT2D eigenvalue weighted by molar-refractivity contribution is -0.139. The molecule has 0 spiro atoms. The van der Waals surface area contributed by atoms with Crippen LogP contribution < -0.4 is 4.72 Å². The van der Waals surface area contributed by atoms with E-state index >= 15 is 0 Å². The summed E-state index contributed by atoms with van der Waals surface area (Å²) in [4.78, 5) is 10.2. The van der Waals surface area contributed by atoms with E-state index in [9.17, 15) is 22.0 Å². The summed E-state index contributed by atoms with van der Waals surface area (Å²) in [6, 6.07) is 2.07. The first-order valence-electron chi connectivity index (χ1n) is 6.53. The molecule has 22 heavy (non-hydrogen) atoms.